The van der Waals surface area contributed by atoms with Crippen molar-refractivity contribution in [3.8, 4) is 11.3 Å². The first-order valence-corrected chi connectivity index (χ1v) is 9.36. The molecule has 3 heterocycles. The minimum atomic E-state index is -0.536. The third-order valence-corrected chi connectivity index (χ3v) is 5.11. The maximum Gasteiger partial charge on any atom is 0.325 e. The predicted octanol–water partition coefficient (Wildman–Crippen LogP) is 1.70. The van der Waals surface area contributed by atoms with Crippen LogP contribution in [0.4, 0.5) is 5.69 Å². The number of para-hydroxylation sites is 1. The Morgan fingerprint density at radius 1 is 1.27 bits per heavy atom. The van der Waals surface area contributed by atoms with Gasteiger partial charge in [0.05, 0.1) is 11.3 Å². The lowest BCUT2D eigenvalue weighted by molar-refractivity contribution is -0.763. The van der Waals surface area contributed by atoms with Crippen molar-refractivity contribution in [2.24, 2.45) is 7.05 Å². The molecule has 4 rings (SSSR count). The van der Waals surface area contributed by atoms with Crippen molar-refractivity contribution in [2.45, 2.75) is 18.2 Å². The molecule has 7 nitrogen and oxygen atoms in total. The number of fused-ring (bicyclic) bond motifs is 3. The summed E-state index contributed by atoms with van der Waals surface area (Å²) in [6, 6.07) is 11.3. The topological polar surface area (TPSA) is 74.9 Å². The lowest BCUT2D eigenvalue weighted by Crippen LogP contribution is -2.61. The SMILES string of the molecule is CSc1n[n+]2c(c(=O)[nH]1)-c1ccccc1N(C(C)=O)C2c1cccn1C. The standard InChI is InChI=1S/C18H17N5O2S/c1-11(24)22-13-8-5-4-7-12(13)15-16(25)19-18(26-3)20-23(15)17(22)14-9-6-10-21(14)2/h4-10,17H,1-3H3/p+1. The maximum absolute atomic E-state index is 12.8. The molecule has 1 aromatic carbocycles. The van der Waals surface area contributed by atoms with E-state index in [1.54, 1.807) is 9.58 Å². The third kappa shape index (κ3) is 2.37. The zero-order valence-corrected chi connectivity index (χ0v) is 15.4. The molecule has 1 atom stereocenters. The summed E-state index contributed by atoms with van der Waals surface area (Å²) in [6.45, 7) is 1.53. The van der Waals surface area contributed by atoms with Crippen LogP contribution in [0, 0.1) is 0 Å². The summed E-state index contributed by atoms with van der Waals surface area (Å²) in [5.74, 6) is -0.116. The van der Waals surface area contributed by atoms with Crippen LogP contribution in [-0.4, -0.2) is 26.8 Å². The lowest BCUT2D eigenvalue weighted by atomic mass is 10.0. The predicted molar refractivity (Wildman–Crippen MR) is 99.0 cm³/mol. The second-order valence-electron chi connectivity index (χ2n) is 6.08. The number of benzene rings is 1. The molecule has 1 aliphatic heterocycles. The Hall–Kier alpha value is -2.87. The largest absolute Gasteiger partial charge is 0.347 e. The number of aryl methyl sites for hydroxylation is 1. The molecular formula is C18H18N5O2S+. The van der Waals surface area contributed by atoms with Gasteiger partial charge in [0.2, 0.25) is 11.1 Å². The van der Waals surface area contributed by atoms with E-state index in [-0.39, 0.29) is 11.5 Å². The van der Waals surface area contributed by atoms with E-state index in [2.05, 4.69) is 10.1 Å². The quantitative estimate of drug-likeness (QED) is 0.552. The Kier molecular flexibility index (Phi) is 3.91. The average molecular weight is 368 g/mol. The number of nitrogens with one attached hydrogen (secondary N) is 1. The van der Waals surface area contributed by atoms with Crippen molar-refractivity contribution >= 4 is 23.4 Å². The number of amides is 1. The summed E-state index contributed by atoms with van der Waals surface area (Å²) in [7, 11) is 1.91. The highest BCUT2D eigenvalue weighted by atomic mass is 32.2. The highest BCUT2D eigenvalue weighted by Crippen LogP contribution is 2.37. The number of nitrogens with zero attached hydrogens (tertiary/aromatic N) is 4. The van der Waals surface area contributed by atoms with Crippen molar-refractivity contribution in [3.63, 3.8) is 0 Å². The second kappa shape index (κ2) is 6.14. The molecule has 1 amide bonds. The van der Waals surface area contributed by atoms with Gasteiger partial charge in [-0.05, 0) is 35.2 Å². The molecule has 0 fully saturated rings. The molecule has 0 aliphatic carbocycles. The highest BCUT2D eigenvalue weighted by molar-refractivity contribution is 7.98. The maximum atomic E-state index is 12.8. The number of rotatable bonds is 2. The van der Waals surface area contributed by atoms with Crippen LogP contribution in [0.25, 0.3) is 11.3 Å². The first kappa shape index (κ1) is 16.6. The number of carbonyl (C=O) groups is 1. The van der Waals surface area contributed by atoms with Crippen LogP contribution in [0.5, 0.6) is 0 Å². The van der Waals surface area contributed by atoms with E-state index >= 15 is 0 Å². The molecule has 0 saturated carbocycles. The van der Waals surface area contributed by atoms with Gasteiger partial charge in [-0.2, -0.15) is 0 Å². The normalized spacial score (nSPS) is 15.5. The Bertz CT molecular complexity index is 1070. The first-order chi connectivity index (χ1) is 12.5. The summed E-state index contributed by atoms with van der Waals surface area (Å²) in [5, 5.41) is 5.12. The molecule has 3 aromatic rings. The van der Waals surface area contributed by atoms with Gasteiger partial charge in [-0.1, -0.05) is 23.9 Å². The molecular weight excluding hydrogens is 350 g/mol. The molecule has 1 unspecified atom stereocenters. The van der Waals surface area contributed by atoms with E-state index in [1.165, 1.54) is 18.7 Å². The highest BCUT2D eigenvalue weighted by Gasteiger charge is 2.45. The van der Waals surface area contributed by atoms with Gasteiger partial charge in [-0.3, -0.25) is 14.6 Å². The van der Waals surface area contributed by atoms with Crippen LogP contribution in [0.15, 0.2) is 52.5 Å². The minimum absolute atomic E-state index is 0.116. The molecule has 0 spiro atoms. The first-order valence-electron chi connectivity index (χ1n) is 8.13. The number of aromatic nitrogens is 4. The van der Waals surface area contributed by atoms with Crippen molar-refractivity contribution in [2.75, 3.05) is 11.2 Å². The van der Waals surface area contributed by atoms with Crippen molar-refractivity contribution in [1.82, 2.24) is 14.6 Å². The molecule has 0 radical (unpaired) electrons. The van der Waals surface area contributed by atoms with Crippen LogP contribution in [0.2, 0.25) is 0 Å². The second-order valence-corrected chi connectivity index (χ2v) is 6.88. The van der Waals surface area contributed by atoms with E-state index < -0.39 is 6.17 Å². The number of H-pyrrole nitrogens is 1. The Balaban J connectivity index is 2.12. The van der Waals surface area contributed by atoms with Crippen LogP contribution in [-0.2, 0) is 11.8 Å². The van der Waals surface area contributed by atoms with Gasteiger partial charge >= 0.3 is 17.4 Å². The summed E-state index contributed by atoms with van der Waals surface area (Å²) in [6.07, 6.45) is 3.23. The number of aromatic amines is 1. The van der Waals surface area contributed by atoms with E-state index in [4.69, 9.17) is 0 Å². The molecule has 132 valence electrons. The summed E-state index contributed by atoms with van der Waals surface area (Å²) in [5.41, 5.74) is 2.48. The molecule has 26 heavy (non-hydrogen) atoms. The van der Waals surface area contributed by atoms with E-state index in [0.717, 1.165) is 5.69 Å². The number of anilines is 1. The van der Waals surface area contributed by atoms with Crippen LogP contribution in [0.3, 0.4) is 0 Å². The van der Waals surface area contributed by atoms with Gasteiger partial charge in [0.25, 0.3) is 0 Å². The third-order valence-electron chi connectivity index (χ3n) is 4.54. The van der Waals surface area contributed by atoms with E-state index in [0.29, 0.717) is 22.1 Å². The van der Waals surface area contributed by atoms with Gasteiger partial charge < -0.3 is 4.57 Å². The van der Waals surface area contributed by atoms with Gasteiger partial charge in [-0.15, -0.1) is 0 Å². The summed E-state index contributed by atoms with van der Waals surface area (Å²) in [4.78, 5) is 30.0. The average Bonchev–Trinajstić information content (AvgIpc) is 3.05. The van der Waals surface area contributed by atoms with Crippen LogP contribution >= 0.6 is 11.8 Å². The zero-order valence-electron chi connectivity index (χ0n) is 14.6. The van der Waals surface area contributed by atoms with Crippen molar-refractivity contribution < 1.29 is 9.48 Å². The Morgan fingerprint density at radius 2 is 2.04 bits per heavy atom. The number of hydrogen-bond acceptors (Lipinski definition) is 4. The summed E-state index contributed by atoms with van der Waals surface area (Å²) >= 11 is 1.35. The smallest absolute Gasteiger partial charge is 0.325 e. The van der Waals surface area contributed by atoms with Crippen molar-refractivity contribution in [1.29, 1.82) is 0 Å². The fourth-order valence-corrected chi connectivity index (χ4v) is 3.78. The minimum Gasteiger partial charge on any atom is -0.347 e. The lowest BCUT2D eigenvalue weighted by Gasteiger charge is -2.31. The van der Waals surface area contributed by atoms with E-state index in [9.17, 15) is 9.59 Å². The van der Waals surface area contributed by atoms with Crippen LogP contribution in [0.1, 0.15) is 18.8 Å². The zero-order chi connectivity index (χ0) is 18.4. The number of carbonyl (C=O) groups excluding carboxylic acids is 1. The van der Waals surface area contributed by atoms with Crippen LogP contribution < -0.4 is 15.1 Å². The fourth-order valence-electron chi connectivity index (χ4n) is 3.41. The molecule has 8 heteroatoms. The van der Waals surface area contributed by atoms with Gasteiger partial charge in [0.1, 0.15) is 5.69 Å². The molecule has 2 aromatic heterocycles. The van der Waals surface area contributed by atoms with Gasteiger partial charge in [-0.25, -0.2) is 4.90 Å². The molecule has 0 bridgehead atoms. The molecule has 0 saturated heterocycles. The van der Waals surface area contributed by atoms with E-state index in [1.807, 2.05) is 60.5 Å². The Labute approximate surface area is 154 Å². The monoisotopic (exact) mass is 368 g/mol. The van der Waals surface area contributed by atoms with Gasteiger partial charge in [0.15, 0.2) is 0 Å². The molecule has 1 aliphatic rings. The van der Waals surface area contributed by atoms with Gasteiger partial charge in [0, 0.05) is 25.3 Å². The number of thioether (sulfide) groups is 1. The van der Waals surface area contributed by atoms with Crippen molar-refractivity contribution in [3.05, 3.63) is 58.6 Å². The fraction of sp³-hybridized carbons (Fsp3) is 0.222. The number of hydrogen-bond donors (Lipinski definition) is 1. The summed E-state index contributed by atoms with van der Waals surface area (Å²) < 4.78 is 3.59. The molecule has 1 N–H and O–H groups in total. The Morgan fingerprint density at radius 3 is 2.69 bits per heavy atom.